The molecule has 30 heavy (non-hydrogen) atoms. The Morgan fingerprint density at radius 1 is 0.733 bits per heavy atom. The van der Waals surface area contributed by atoms with Gasteiger partial charge in [0.2, 0.25) is 0 Å². The molecule has 0 atom stereocenters. The van der Waals surface area contributed by atoms with Crippen molar-refractivity contribution in [2.45, 2.75) is 6.42 Å². The van der Waals surface area contributed by atoms with Crippen LogP contribution in [0.5, 0.6) is 0 Å². The summed E-state index contributed by atoms with van der Waals surface area (Å²) in [6, 6.07) is 36.4. The van der Waals surface area contributed by atoms with Gasteiger partial charge in [0.05, 0.1) is 0 Å². The van der Waals surface area contributed by atoms with Crippen LogP contribution >= 0.6 is 0 Å². The van der Waals surface area contributed by atoms with Crippen LogP contribution in [0.15, 0.2) is 121 Å². The average molecular weight is 612 g/mol. The first kappa shape index (κ1) is 26.5. The zero-order chi connectivity index (χ0) is 19.4. The minimum absolute atomic E-state index is 0. The first-order valence-electron chi connectivity index (χ1n) is 9.36. The maximum absolute atomic E-state index is 2.99. The van der Waals surface area contributed by atoms with Crippen molar-refractivity contribution in [2.24, 2.45) is 0 Å². The Balaban J connectivity index is 0.000000242. The Labute approximate surface area is 207 Å². The van der Waals surface area contributed by atoms with E-state index in [2.05, 4.69) is 115 Å². The van der Waals surface area contributed by atoms with Crippen LogP contribution in [0.1, 0.15) is 6.42 Å². The fourth-order valence-electron chi connectivity index (χ4n) is 2.79. The largest absolute Gasteiger partial charge is 0.168 e. The van der Waals surface area contributed by atoms with Crippen molar-refractivity contribution in [3.05, 3.63) is 127 Å². The number of hydrogen-bond donors (Lipinski definition) is 0. The molecule has 1 aliphatic rings. The van der Waals surface area contributed by atoms with Gasteiger partial charge in [0.1, 0.15) is 0 Å². The van der Waals surface area contributed by atoms with Crippen molar-refractivity contribution in [2.75, 3.05) is 0 Å². The van der Waals surface area contributed by atoms with Gasteiger partial charge in [0, 0.05) is 0 Å². The van der Waals surface area contributed by atoms with Crippen LogP contribution in [0, 0.1) is 6.08 Å². The van der Waals surface area contributed by atoms with E-state index < -0.39 is 5.49 Å². The number of halogens is 2. The summed E-state index contributed by atoms with van der Waals surface area (Å²) in [5.41, 5.74) is -0.406. The van der Waals surface area contributed by atoms with E-state index >= 15 is 0 Å². The second-order valence-corrected chi connectivity index (χ2v) is 13.6. The third-order valence-corrected chi connectivity index (χ3v) is 12.3. The fourth-order valence-corrected chi connectivity index (χ4v) is 7.76. The van der Waals surface area contributed by atoms with Crippen LogP contribution in [0.4, 0.5) is 0 Å². The summed E-state index contributed by atoms with van der Waals surface area (Å²) in [4.78, 5) is 0. The van der Waals surface area contributed by atoms with Crippen LogP contribution < -0.4 is 35.2 Å². The minimum atomic E-state index is -0.406. The van der Waals surface area contributed by atoms with Gasteiger partial charge in [-0.3, -0.25) is 6.08 Å². The summed E-state index contributed by atoms with van der Waals surface area (Å²) in [5.74, 6) is 0. The Bertz CT molecular complexity index is 972. The molecular weight excluding hydrogens is 590 g/mol. The average Bonchev–Trinajstić information content (AvgIpc) is 3.50. The Morgan fingerprint density at radius 2 is 1.30 bits per heavy atom. The number of benzene rings is 3. The molecule has 0 unspecified atom stereocenters. The molecule has 0 bridgehead atoms. The maximum Gasteiger partial charge on any atom is -0.0809 e. The van der Waals surface area contributed by atoms with Gasteiger partial charge in [0.25, 0.3) is 0 Å². The van der Waals surface area contributed by atoms with Gasteiger partial charge in [-0.05, 0) is 0 Å². The summed E-state index contributed by atoms with van der Waals surface area (Å²) in [6.07, 6.45) is 10.0. The first-order chi connectivity index (χ1) is 13.8. The maximum atomic E-state index is 2.99. The van der Waals surface area contributed by atoms with Crippen molar-refractivity contribution in [1.29, 1.82) is 0 Å². The molecule has 150 valence electrons. The predicted octanol–water partition coefficient (Wildman–Crippen LogP) is -0.789. The molecule has 0 aliphatic heterocycles. The number of fused-ring (bicyclic) bond motifs is 1. The zero-order valence-corrected chi connectivity index (χ0v) is 22.6. The van der Waals surface area contributed by atoms with E-state index in [1.807, 2.05) is 12.2 Å². The smallest absolute Gasteiger partial charge is 0.0809 e. The van der Waals surface area contributed by atoms with Crippen LogP contribution in [-0.2, 0) is 23.0 Å². The molecule has 0 N–H and O–H groups in total. The summed E-state index contributed by atoms with van der Waals surface area (Å²) in [5, 5.41) is 5.74. The molecule has 0 heterocycles. The molecule has 5 rings (SSSR count). The van der Waals surface area contributed by atoms with Crippen molar-refractivity contribution in [3.63, 3.8) is 0 Å². The summed E-state index contributed by atoms with van der Waals surface area (Å²) >= 11 is 1.27. The van der Waals surface area contributed by atoms with Gasteiger partial charge >= 0.3 is 99.5 Å². The fraction of sp³-hybridized carbons (Fsp3) is 0.0385. The van der Waals surface area contributed by atoms with Gasteiger partial charge in [-0.15, -0.1) is 36.1 Å². The van der Waals surface area contributed by atoms with Crippen LogP contribution in [0.25, 0.3) is 10.8 Å². The molecule has 1 aliphatic carbocycles. The molecule has 0 amide bonds. The van der Waals surface area contributed by atoms with E-state index in [-0.39, 0.29) is 24.8 Å². The molecule has 0 fully saturated rings. The summed E-state index contributed by atoms with van der Waals surface area (Å²) in [6.45, 7) is 0. The Kier molecular flexibility index (Phi) is 13.4. The number of allylic oxidation sites excluding steroid dienone is 4. The zero-order valence-electron chi connectivity index (χ0n) is 16.5. The van der Waals surface area contributed by atoms with Crippen LogP contribution in [-0.4, -0.2) is 5.49 Å². The normalized spacial score (nSPS) is 10.6. The molecule has 4 aromatic carbocycles. The molecule has 0 spiro atoms. The number of hydrogen-bond acceptors (Lipinski definition) is 0. The summed E-state index contributed by atoms with van der Waals surface area (Å²) in [7, 11) is 0. The summed E-state index contributed by atoms with van der Waals surface area (Å²) < 4.78 is 0. The van der Waals surface area contributed by atoms with E-state index in [0.717, 1.165) is 6.42 Å². The van der Waals surface area contributed by atoms with Crippen LogP contribution in [0.2, 0.25) is 0 Å². The predicted molar refractivity (Wildman–Crippen MR) is 119 cm³/mol. The Morgan fingerprint density at radius 3 is 1.77 bits per heavy atom. The van der Waals surface area contributed by atoms with Crippen LogP contribution in [0.3, 0.4) is 0 Å². The van der Waals surface area contributed by atoms with Gasteiger partial charge in [0.15, 0.2) is 0 Å². The molecule has 0 aromatic heterocycles. The third-order valence-electron chi connectivity index (χ3n) is 4.26. The van der Waals surface area contributed by atoms with E-state index in [1.165, 1.54) is 44.1 Å². The standard InChI is InChI=1S/C12H10Si.C9H7.C5H5.2ClH.Hf/c1-3-7-11(8-4-1)13-12-9-5-2-6-10-12;1-2-5-9-7-3-6-8(9)4-1;1-2-4-5-3-1;;;/h1-10H;1-7H;1-3H,4H2;2*1H;/q;2*-1;;;+2/p-2. The van der Waals surface area contributed by atoms with Gasteiger partial charge < -0.3 is 24.8 Å². The van der Waals surface area contributed by atoms with Gasteiger partial charge in [-0.25, -0.2) is 12.2 Å². The van der Waals surface area contributed by atoms with Crippen molar-refractivity contribution >= 4 is 26.6 Å². The van der Waals surface area contributed by atoms with Crippen molar-refractivity contribution < 1.29 is 47.8 Å². The molecule has 0 saturated carbocycles. The van der Waals surface area contributed by atoms with Crippen molar-refractivity contribution in [3.8, 4) is 0 Å². The molecular formula is C26H22Cl2HfSi-2. The Hall–Kier alpha value is -1.58. The van der Waals surface area contributed by atoms with E-state index in [4.69, 9.17) is 0 Å². The van der Waals surface area contributed by atoms with Gasteiger partial charge in [-0.1, -0.05) is 6.07 Å². The third kappa shape index (κ3) is 8.65. The van der Waals surface area contributed by atoms with Crippen molar-refractivity contribution in [1.82, 2.24) is 0 Å². The first-order valence-corrected chi connectivity index (χ1v) is 16.2. The quantitative estimate of drug-likeness (QED) is 0.206. The SMILES string of the molecule is [C-]1=CC=CC1.[Cl-].[Cl-].[Hf+2]=[Si](c1ccccc1)c1ccccc1.c1ccc2[cH-]ccc2c1. The minimum Gasteiger partial charge on any atom is -0.168 e. The second kappa shape index (κ2) is 15.3. The molecule has 0 saturated heterocycles. The molecule has 4 heteroatoms. The topological polar surface area (TPSA) is 0 Å². The van der Waals surface area contributed by atoms with Gasteiger partial charge in [-0.2, -0.15) is 23.6 Å². The number of rotatable bonds is 2. The molecule has 4 aromatic rings. The second-order valence-electron chi connectivity index (χ2n) is 6.26. The van der Waals surface area contributed by atoms with E-state index in [9.17, 15) is 0 Å². The van der Waals surface area contributed by atoms with E-state index in [1.54, 1.807) is 0 Å². The van der Waals surface area contributed by atoms with E-state index in [0.29, 0.717) is 0 Å². The monoisotopic (exact) mass is 612 g/mol. The molecule has 0 nitrogen and oxygen atoms in total. The molecule has 0 radical (unpaired) electrons.